The minimum Gasteiger partial charge on any atom is -0.508 e. The molecule has 1 aromatic heterocycles. The molecule has 0 radical (unpaired) electrons. The van der Waals surface area contributed by atoms with Crippen molar-refractivity contribution in [3.05, 3.63) is 71.4 Å². The van der Waals surface area contributed by atoms with Crippen LogP contribution in [0.1, 0.15) is 36.9 Å². The van der Waals surface area contributed by atoms with Gasteiger partial charge in [-0.15, -0.1) is 0 Å². The van der Waals surface area contributed by atoms with Gasteiger partial charge in [0.15, 0.2) is 0 Å². The first kappa shape index (κ1) is 18.8. The maximum absolute atomic E-state index is 12.9. The number of amides is 1. The lowest BCUT2D eigenvalue weighted by molar-refractivity contribution is -0.139. The number of para-hydroxylation sites is 1. The number of phenols is 1. The Morgan fingerprint density at radius 2 is 1.83 bits per heavy atom. The number of aromatic amines is 1. The minimum absolute atomic E-state index is 0.0709. The number of aliphatic hydroxyl groups is 1. The Balaban J connectivity index is 1.90. The van der Waals surface area contributed by atoms with Gasteiger partial charge >= 0.3 is 0 Å². The Labute approximate surface area is 168 Å². The van der Waals surface area contributed by atoms with E-state index in [4.69, 9.17) is 0 Å². The normalized spacial score (nSPS) is 18.7. The summed E-state index contributed by atoms with van der Waals surface area (Å²) in [6, 6.07) is 13.1. The van der Waals surface area contributed by atoms with Crippen LogP contribution in [-0.4, -0.2) is 38.3 Å². The minimum atomic E-state index is -0.698. The SMILES string of the molecule is CCCCN1C(=O)C(=O)/C(=C(\O)c2c[nH]c3ccccc23)C1c1ccc(O)cc1. The Bertz CT molecular complexity index is 1110. The molecule has 0 aliphatic carbocycles. The number of carbonyl (C=O) groups is 2. The molecule has 1 unspecified atom stereocenters. The monoisotopic (exact) mass is 390 g/mol. The number of benzene rings is 2. The number of rotatable bonds is 5. The van der Waals surface area contributed by atoms with E-state index in [1.807, 2.05) is 31.2 Å². The summed E-state index contributed by atoms with van der Waals surface area (Å²) >= 11 is 0. The van der Waals surface area contributed by atoms with Crippen molar-refractivity contribution in [3.8, 4) is 5.75 Å². The quantitative estimate of drug-likeness (QED) is 0.347. The molecule has 1 atom stereocenters. The smallest absolute Gasteiger partial charge is 0.295 e. The lowest BCUT2D eigenvalue weighted by Gasteiger charge is -2.25. The second-order valence-corrected chi connectivity index (χ2v) is 7.19. The van der Waals surface area contributed by atoms with E-state index < -0.39 is 17.7 Å². The summed E-state index contributed by atoms with van der Waals surface area (Å²) in [6.45, 7) is 2.43. The van der Waals surface area contributed by atoms with E-state index >= 15 is 0 Å². The van der Waals surface area contributed by atoms with Gasteiger partial charge < -0.3 is 20.1 Å². The average Bonchev–Trinajstić information content (AvgIpc) is 3.26. The molecule has 1 aliphatic heterocycles. The average molecular weight is 390 g/mol. The van der Waals surface area contributed by atoms with E-state index in [-0.39, 0.29) is 17.1 Å². The van der Waals surface area contributed by atoms with Gasteiger partial charge in [-0.2, -0.15) is 0 Å². The topological polar surface area (TPSA) is 93.6 Å². The first-order valence-electron chi connectivity index (χ1n) is 9.66. The molecular formula is C23H22N2O4. The number of phenolic OH excluding ortho intramolecular Hbond substituents is 1. The number of unbranched alkanes of at least 4 members (excludes halogenated alkanes) is 1. The van der Waals surface area contributed by atoms with Crippen LogP contribution in [0.5, 0.6) is 5.75 Å². The van der Waals surface area contributed by atoms with Crippen LogP contribution in [0.4, 0.5) is 0 Å². The lowest BCUT2D eigenvalue weighted by Crippen LogP contribution is -2.30. The highest BCUT2D eigenvalue weighted by atomic mass is 16.3. The molecule has 0 bridgehead atoms. The Hall–Kier alpha value is -3.54. The van der Waals surface area contributed by atoms with Gasteiger partial charge in [0.1, 0.15) is 11.5 Å². The number of hydrogen-bond acceptors (Lipinski definition) is 4. The molecule has 2 aromatic carbocycles. The number of hydrogen-bond donors (Lipinski definition) is 3. The highest BCUT2D eigenvalue weighted by Gasteiger charge is 2.45. The van der Waals surface area contributed by atoms with E-state index in [0.717, 1.165) is 23.7 Å². The molecule has 29 heavy (non-hydrogen) atoms. The van der Waals surface area contributed by atoms with Crippen LogP contribution in [-0.2, 0) is 9.59 Å². The van der Waals surface area contributed by atoms with Gasteiger partial charge in [0.2, 0.25) is 0 Å². The highest BCUT2D eigenvalue weighted by Crippen LogP contribution is 2.40. The number of Topliss-reactive ketones (excluding diaryl/α,β-unsaturated/α-hetero) is 1. The molecule has 0 spiro atoms. The fourth-order valence-electron chi connectivity index (χ4n) is 3.85. The lowest BCUT2D eigenvalue weighted by atomic mass is 9.95. The number of H-pyrrole nitrogens is 1. The summed E-state index contributed by atoms with van der Waals surface area (Å²) in [6.07, 6.45) is 3.26. The van der Waals surface area contributed by atoms with Gasteiger partial charge in [0.05, 0.1) is 11.6 Å². The molecule has 1 amide bonds. The van der Waals surface area contributed by atoms with E-state index in [2.05, 4.69) is 4.98 Å². The molecule has 1 fully saturated rings. The van der Waals surface area contributed by atoms with Crippen molar-refractivity contribution >= 4 is 28.4 Å². The van der Waals surface area contributed by atoms with Crippen LogP contribution in [0.25, 0.3) is 16.7 Å². The maximum Gasteiger partial charge on any atom is 0.295 e. The van der Waals surface area contributed by atoms with Crippen LogP contribution >= 0.6 is 0 Å². The number of nitrogens with one attached hydrogen (secondary N) is 1. The molecule has 6 nitrogen and oxygen atoms in total. The number of nitrogens with zero attached hydrogens (tertiary/aromatic N) is 1. The number of aromatic hydroxyl groups is 1. The maximum atomic E-state index is 12.9. The number of aliphatic hydroxyl groups excluding tert-OH is 1. The molecule has 6 heteroatoms. The summed E-state index contributed by atoms with van der Waals surface area (Å²) in [4.78, 5) is 30.3. The molecule has 3 aromatic rings. The summed E-state index contributed by atoms with van der Waals surface area (Å²) in [7, 11) is 0. The van der Waals surface area contributed by atoms with E-state index in [9.17, 15) is 19.8 Å². The highest BCUT2D eigenvalue weighted by molar-refractivity contribution is 6.46. The summed E-state index contributed by atoms with van der Waals surface area (Å²) in [5.41, 5.74) is 2.05. The van der Waals surface area contributed by atoms with Crippen molar-refractivity contribution < 1.29 is 19.8 Å². The largest absolute Gasteiger partial charge is 0.508 e. The zero-order valence-corrected chi connectivity index (χ0v) is 16.1. The molecule has 2 heterocycles. The zero-order chi connectivity index (χ0) is 20.5. The number of aromatic nitrogens is 1. The van der Waals surface area contributed by atoms with Gasteiger partial charge in [-0.05, 0) is 30.2 Å². The van der Waals surface area contributed by atoms with Gasteiger partial charge in [-0.25, -0.2) is 0 Å². The van der Waals surface area contributed by atoms with Crippen molar-refractivity contribution in [1.82, 2.24) is 9.88 Å². The predicted molar refractivity (Wildman–Crippen MR) is 110 cm³/mol. The van der Waals surface area contributed by atoms with Crippen molar-refractivity contribution in [3.63, 3.8) is 0 Å². The molecule has 1 saturated heterocycles. The van der Waals surface area contributed by atoms with Gasteiger partial charge in [0.25, 0.3) is 11.7 Å². The Morgan fingerprint density at radius 1 is 1.10 bits per heavy atom. The second-order valence-electron chi connectivity index (χ2n) is 7.19. The van der Waals surface area contributed by atoms with E-state index in [1.54, 1.807) is 18.3 Å². The number of ketones is 1. The van der Waals surface area contributed by atoms with Crippen LogP contribution in [0.15, 0.2) is 60.3 Å². The fourth-order valence-corrected chi connectivity index (χ4v) is 3.85. The molecule has 4 rings (SSSR count). The zero-order valence-electron chi connectivity index (χ0n) is 16.1. The van der Waals surface area contributed by atoms with Crippen LogP contribution in [0.3, 0.4) is 0 Å². The third kappa shape index (κ3) is 3.16. The number of fused-ring (bicyclic) bond motifs is 1. The van der Waals surface area contributed by atoms with E-state index in [0.29, 0.717) is 17.7 Å². The predicted octanol–water partition coefficient (Wildman–Crippen LogP) is 4.10. The first-order valence-corrected chi connectivity index (χ1v) is 9.66. The Kier molecular flexibility index (Phi) is 4.84. The molecule has 148 valence electrons. The summed E-state index contributed by atoms with van der Waals surface area (Å²) < 4.78 is 0. The van der Waals surface area contributed by atoms with Crippen LogP contribution < -0.4 is 0 Å². The number of likely N-dealkylation sites (tertiary alicyclic amines) is 1. The molecule has 0 saturated carbocycles. The van der Waals surface area contributed by atoms with Gasteiger partial charge in [-0.1, -0.05) is 43.7 Å². The summed E-state index contributed by atoms with van der Waals surface area (Å²) in [5, 5.41) is 21.5. The first-order chi connectivity index (χ1) is 14.0. The van der Waals surface area contributed by atoms with Crippen LogP contribution in [0.2, 0.25) is 0 Å². The van der Waals surface area contributed by atoms with Crippen LogP contribution in [0, 0.1) is 0 Å². The van der Waals surface area contributed by atoms with Crippen molar-refractivity contribution in [2.45, 2.75) is 25.8 Å². The third-order valence-electron chi connectivity index (χ3n) is 5.35. The Morgan fingerprint density at radius 3 is 2.55 bits per heavy atom. The standard InChI is InChI=1S/C23H22N2O4/c1-2-3-12-25-20(14-8-10-15(26)11-9-14)19(22(28)23(25)29)21(27)17-13-24-18-7-5-4-6-16(17)18/h4-11,13,20,24,26-27H,2-3,12H2,1H3/b21-19-. The summed E-state index contributed by atoms with van der Waals surface area (Å²) in [5.74, 6) is -1.41. The molecule has 3 N–H and O–H groups in total. The fraction of sp³-hybridized carbons (Fsp3) is 0.217. The van der Waals surface area contributed by atoms with E-state index in [1.165, 1.54) is 17.0 Å². The van der Waals surface area contributed by atoms with Crippen molar-refractivity contribution in [2.24, 2.45) is 0 Å². The third-order valence-corrected chi connectivity index (χ3v) is 5.35. The van der Waals surface area contributed by atoms with Gasteiger partial charge in [0, 0.05) is 29.2 Å². The second kappa shape index (κ2) is 7.47. The van der Waals surface area contributed by atoms with Crippen molar-refractivity contribution in [1.29, 1.82) is 0 Å². The molecular weight excluding hydrogens is 368 g/mol. The number of carbonyl (C=O) groups excluding carboxylic acids is 2. The molecule has 1 aliphatic rings. The van der Waals surface area contributed by atoms with Crippen molar-refractivity contribution in [2.75, 3.05) is 6.54 Å². The van der Waals surface area contributed by atoms with Gasteiger partial charge in [-0.3, -0.25) is 9.59 Å².